The molecule has 2 aromatic heterocycles. The van der Waals surface area contributed by atoms with Crippen LogP contribution < -0.4 is 5.73 Å². The molecule has 0 atom stereocenters. The molecule has 0 radical (unpaired) electrons. The number of nitrogens with zero attached hydrogens (tertiary/aromatic N) is 2. The van der Waals surface area contributed by atoms with E-state index in [-0.39, 0.29) is 10.8 Å². The Hall–Kier alpha value is -2.51. The van der Waals surface area contributed by atoms with Crippen LogP contribution in [-0.4, -0.2) is 24.8 Å². The molecule has 2 heterocycles. The number of aromatic nitrogens is 1. The molecule has 3 aromatic rings. The first kappa shape index (κ1) is 20.7. The van der Waals surface area contributed by atoms with Gasteiger partial charge >= 0.3 is 0 Å². The Labute approximate surface area is 182 Å². The highest BCUT2D eigenvalue weighted by molar-refractivity contribution is 7.23. The van der Waals surface area contributed by atoms with Crippen molar-refractivity contribution < 1.29 is 9.32 Å². The molecule has 7 heteroatoms. The zero-order valence-electron chi connectivity index (χ0n) is 18.1. The van der Waals surface area contributed by atoms with Gasteiger partial charge in [-0.05, 0) is 48.7 Å². The van der Waals surface area contributed by atoms with Gasteiger partial charge in [0.15, 0.2) is 5.78 Å². The molecule has 0 aliphatic heterocycles. The van der Waals surface area contributed by atoms with Crippen molar-refractivity contribution in [2.45, 2.75) is 51.7 Å². The number of hydrogen-bond acceptors (Lipinski definition) is 6. The van der Waals surface area contributed by atoms with Crippen molar-refractivity contribution in [2.24, 2.45) is 5.16 Å². The second-order valence-corrected chi connectivity index (χ2v) is 15.1. The Bertz CT molecular complexity index is 1170. The van der Waals surface area contributed by atoms with Crippen LogP contribution in [0.3, 0.4) is 0 Å². The molecular formula is C23H27N3O2SSi. The normalized spacial score (nSPS) is 15.6. The minimum atomic E-state index is -1.95. The van der Waals surface area contributed by atoms with Crippen molar-refractivity contribution in [2.75, 3.05) is 5.73 Å². The second kappa shape index (κ2) is 7.32. The van der Waals surface area contributed by atoms with E-state index in [0.29, 0.717) is 16.1 Å². The van der Waals surface area contributed by atoms with E-state index in [9.17, 15) is 4.79 Å². The molecule has 156 valence electrons. The number of pyridine rings is 1. The molecule has 1 aromatic carbocycles. The molecule has 1 aliphatic carbocycles. The zero-order chi connectivity index (χ0) is 21.7. The van der Waals surface area contributed by atoms with Gasteiger partial charge < -0.3 is 10.3 Å². The summed E-state index contributed by atoms with van der Waals surface area (Å²) < 4.78 is 7.00. The highest BCUT2D eigenvalue weighted by Crippen LogP contribution is 2.38. The standard InChI is InChI=1S/C23H27N3O2SSi/c1-23(2,3)30(4,5)28-26-18-9-7-14-12-15(6-8-16(14)18)21(27)20-17-10-11-25-13-19(17)29-22(20)24/h6,8,10-13H,7,9,24H2,1-5H3/b26-18+. The van der Waals surface area contributed by atoms with Gasteiger partial charge in [-0.1, -0.05) is 32.9 Å². The van der Waals surface area contributed by atoms with Crippen molar-refractivity contribution in [3.05, 3.63) is 58.9 Å². The molecule has 0 spiro atoms. The summed E-state index contributed by atoms with van der Waals surface area (Å²) in [5, 5.41) is 6.05. The minimum Gasteiger partial charge on any atom is -0.455 e. The van der Waals surface area contributed by atoms with Crippen molar-refractivity contribution >= 4 is 46.2 Å². The quantitative estimate of drug-likeness (QED) is 0.319. The number of nitrogens with two attached hydrogens (primary N) is 1. The lowest BCUT2D eigenvalue weighted by Crippen LogP contribution is -2.39. The van der Waals surface area contributed by atoms with Gasteiger partial charge in [-0.15, -0.1) is 16.5 Å². The van der Waals surface area contributed by atoms with E-state index >= 15 is 0 Å². The minimum absolute atomic E-state index is 0.0457. The summed E-state index contributed by atoms with van der Waals surface area (Å²) in [6.07, 6.45) is 5.14. The van der Waals surface area contributed by atoms with E-state index in [1.54, 1.807) is 12.4 Å². The molecule has 0 bridgehead atoms. The maximum atomic E-state index is 13.2. The number of ketones is 1. The molecule has 1 aliphatic rings. The molecule has 5 nitrogen and oxygen atoms in total. The zero-order valence-corrected chi connectivity index (χ0v) is 19.9. The van der Waals surface area contributed by atoms with Crippen LogP contribution >= 0.6 is 11.3 Å². The van der Waals surface area contributed by atoms with Crippen LogP contribution in [0.4, 0.5) is 5.00 Å². The lowest BCUT2D eigenvalue weighted by atomic mass is 9.98. The van der Waals surface area contributed by atoms with E-state index < -0.39 is 8.32 Å². The van der Waals surface area contributed by atoms with Gasteiger partial charge in [0.05, 0.1) is 21.0 Å². The maximum absolute atomic E-state index is 13.2. The van der Waals surface area contributed by atoms with Crippen LogP contribution in [0, 0.1) is 0 Å². The second-order valence-electron chi connectivity index (χ2n) is 9.30. The Morgan fingerprint density at radius 3 is 2.73 bits per heavy atom. The average molecular weight is 438 g/mol. The Morgan fingerprint density at radius 2 is 2.00 bits per heavy atom. The van der Waals surface area contributed by atoms with Crippen LogP contribution in [0.2, 0.25) is 18.1 Å². The van der Waals surface area contributed by atoms with Crippen molar-refractivity contribution in [1.29, 1.82) is 0 Å². The summed E-state index contributed by atoms with van der Waals surface area (Å²) in [5.74, 6) is -0.0457. The Balaban J connectivity index is 1.63. The molecule has 2 N–H and O–H groups in total. The lowest BCUT2D eigenvalue weighted by Gasteiger charge is -2.33. The molecule has 0 fully saturated rings. The Morgan fingerprint density at radius 1 is 1.23 bits per heavy atom. The smallest absolute Gasteiger partial charge is 0.286 e. The monoisotopic (exact) mass is 437 g/mol. The number of anilines is 1. The average Bonchev–Trinajstić information content (AvgIpc) is 3.24. The SMILES string of the molecule is CC(C)(C)[Si](C)(C)O/N=C1\CCc2cc(C(=O)c3c(N)sc4cnccc34)ccc21. The van der Waals surface area contributed by atoms with Gasteiger partial charge in [-0.3, -0.25) is 9.78 Å². The highest BCUT2D eigenvalue weighted by Gasteiger charge is 2.40. The number of fused-ring (bicyclic) bond motifs is 2. The van der Waals surface area contributed by atoms with Crippen molar-refractivity contribution in [3.8, 4) is 0 Å². The van der Waals surface area contributed by atoms with E-state index in [1.807, 2.05) is 24.3 Å². The van der Waals surface area contributed by atoms with Gasteiger partial charge in [0.25, 0.3) is 8.32 Å². The molecule has 0 amide bonds. The summed E-state index contributed by atoms with van der Waals surface area (Å²) in [4.78, 5) is 17.4. The fraction of sp³-hybridized carbons (Fsp3) is 0.348. The van der Waals surface area contributed by atoms with E-state index in [4.69, 9.17) is 10.3 Å². The number of rotatable bonds is 4. The number of hydrogen-bond donors (Lipinski definition) is 1. The number of oxime groups is 1. The van der Waals surface area contributed by atoms with E-state index in [0.717, 1.165) is 39.8 Å². The number of carbonyl (C=O) groups is 1. The van der Waals surface area contributed by atoms with Gasteiger partial charge in [0.1, 0.15) is 0 Å². The van der Waals surface area contributed by atoms with E-state index in [1.165, 1.54) is 11.3 Å². The molecule has 0 saturated carbocycles. The van der Waals surface area contributed by atoms with Crippen LogP contribution in [0.25, 0.3) is 10.1 Å². The summed E-state index contributed by atoms with van der Waals surface area (Å²) in [6, 6.07) is 7.70. The van der Waals surface area contributed by atoms with Gasteiger partial charge in [-0.25, -0.2) is 0 Å². The van der Waals surface area contributed by atoms with Crippen LogP contribution in [0.15, 0.2) is 41.8 Å². The third-order valence-electron chi connectivity index (χ3n) is 6.25. The van der Waals surface area contributed by atoms with Gasteiger partial charge in [0.2, 0.25) is 0 Å². The summed E-state index contributed by atoms with van der Waals surface area (Å²) >= 11 is 1.40. The van der Waals surface area contributed by atoms with Gasteiger partial charge in [-0.2, -0.15) is 0 Å². The summed E-state index contributed by atoms with van der Waals surface area (Å²) in [7, 11) is -1.95. The first-order valence-electron chi connectivity index (χ1n) is 10.1. The molecule has 0 unspecified atom stereocenters. The molecule has 0 saturated heterocycles. The number of nitrogen functional groups attached to an aromatic ring is 1. The van der Waals surface area contributed by atoms with Crippen LogP contribution in [0.5, 0.6) is 0 Å². The molecule has 4 rings (SSSR count). The number of thiophene rings is 1. The maximum Gasteiger partial charge on any atom is 0.286 e. The first-order chi connectivity index (χ1) is 14.1. The third kappa shape index (κ3) is 3.56. The Kier molecular flexibility index (Phi) is 5.06. The summed E-state index contributed by atoms with van der Waals surface area (Å²) in [6.45, 7) is 11.0. The predicted octanol–water partition coefficient (Wildman–Crippen LogP) is 5.78. The first-order valence-corrected chi connectivity index (χ1v) is 13.9. The fourth-order valence-corrected chi connectivity index (χ4v) is 4.91. The van der Waals surface area contributed by atoms with E-state index in [2.05, 4.69) is 44.0 Å². The van der Waals surface area contributed by atoms with Crippen molar-refractivity contribution in [1.82, 2.24) is 4.98 Å². The topological polar surface area (TPSA) is 77.6 Å². The predicted molar refractivity (Wildman–Crippen MR) is 127 cm³/mol. The largest absolute Gasteiger partial charge is 0.455 e. The highest BCUT2D eigenvalue weighted by atomic mass is 32.1. The number of aryl methyl sites for hydroxylation is 1. The van der Waals surface area contributed by atoms with Gasteiger partial charge in [0, 0.05) is 28.9 Å². The number of benzene rings is 1. The molecular weight excluding hydrogens is 410 g/mol. The lowest BCUT2D eigenvalue weighted by molar-refractivity contribution is 0.104. The van der Waals surface area contributed by atoms with Crippen LogP contribution in [0.1, 0.15) is 54.2 Å². The summed E-state index contributed by atoms with van der Waals surface area (Å²) in [5.41, 5.74) is 10.6. The van der Waals surface area contributed by atoms with Crippen LogP contribution in [-0.2, 0) is 10.9 Å². The third-order valence-corrected chi connectivity index (χ3v) is 11.4. The van der Waals surface area contributed by atoms with Crippen molar-refractivity contribution in [3.63, 3.8) is 0 Å². The number of carbonyl (C=O) groups excluding carboxylic acids is 1. The molecule has 30 heavy (non-hydrogen) atoms. The fourth-order valence-electron chi connectivity index (χ4n) is 3.36.